The van der Waals surface area contributed by atoms with Gasteiger partial charge < -0.3 is 10.2 Å². The number of carbonyl (C=O) groups is 1. The first kappa shape index (κ1) is 22.8. The van der Waals surface area contributed by atoms with Gasteiger partial charge in [-0.2, -0.15) is 0 Å². The highest BCUT2D eigenvalue weighted by Gasteiger charge is 2.31. The first-order valence-electron chi connectivity index (χ1n) is 9.19. The monoisotopic (exact) mass is 431 g/mol. The van der Waals surface area contributed by atoms with E-state index in [0.717, 1.165) is 0 Å². The van der Waals surface area contributed by atoms with Crippen molar-refractivity contribution in [2.75, 3.05) is 32.1 Å². The Morgan fingerprint density at radius 2 is 1.82 bits per heavy atom. The summed E-state index contributed by atoms with van der Waals surface area (Å²) in [6.07, 6.45) is 0.269. The third-order valence-electron chi connectivity index (χ3n) is 4.89. The van der Waals surface area contributed by atoms with E-state index in [2.05, 4.69) is 28.8 Å². The van der Waals surface area contributed by atoms with Crippen LogP contribution >= 0.6 is 0 Å². The molecule has 2 atom stereocenters. The molecule has 0 aliphatic carbocycles. The van der Waals surface area contributed by atoms with Gasteiger partial charge in [0.1, 0.15) is 0 Å². The van der Waals surface area contributed by atoms with Gasteiger partial charge in [0.15, 0.2) is 9.84 Å². The van der Waals surface area contributed by atoms with Crippen LogP contribution in [0.5, 0.6) is 0 Å². The van der Waals surface area contributed by atoms with Crippen molar-refractivity contribution < 1.29 is 21.6 Å². The van der Waals surface area contributed by atoms with Gasteiger partial charge in [-0.1, -0.05) is 13.8 Å². The largest absolute Gasteiger partial charge is 0.350 e. The van der Waals surface area contributed by atoms with Crippen LogP contribution in [0.1, 0.15) is 30.6 Å². The van der Waals surface area contributed by atoms with Crippen molar-refractivity contribution in [1.29, 1.82) is 0 Å². The Hall–Kier alpha value is -1.49. The van der Waals surface area contributed by atoms with E-state index in [9.17, 15) is 21.6 Å². The van der Waals surface area contributed by atoms with Gasteiger partial charge >= 0.3 is 0 Å². The average Bonchev–Trinajstić information content (AvgIpc) is 2.92. The molecule has 0 saturated carbocycles. The van der Waals surface area contributed by atoms with Gasteiger partial charge in [0.05, 0.1) is 16.4 Å². The van der Waals surface area contributed by atoms with Crippen LogP contribution in [0.25, 0.3) is 0 Å². The predicted octanol–water partition coefficient (Wildman–Crippen LogP) is 0.468. The minimum atomic E-state index is -3.84. The second-order valence-corrected chi connectivity index (χ2v) is 11.7. The molecule has 1 aliphatic heterocycles. The van der Waals surface area contributed by atoms with Crippen molar-refractivity contribution in [1.82, 2.24) is 14.9 Å². The van der Waals surface area contributed by atoms with Crippen LogP contribution in [0.3, 0.4) is 0 Å². The molecule has 1 heterocycles. The topological polar surface area (TPSA) is 113 Å². The van der Waals surface area contributed by atoms with Gasteiger partial charge in [-0.25, -0.2) is 21.6 Å². The van der Waals surface area contributed by atoms with Crippen LogP contribution in [-0.2, 0) is 19.9 Å². The van der Waals surface area contributed by atoms with Crippen molar-refractivity contribution in [3.8, 4) is 0 Å². The van der Waals surface area contributed by atoms with Crippen molar-refractivity contribution in [2.45, 2.75) is 37.2 Å². The molecule has 28 heavy (non-hydrogen) atoms. The lowest BCUT2D eigenvalue weighted by Crippen LogP contribution is -2.43. The fourth-order valence-corrected chi connectivity index (χ4v) is 6.32. The Morgan fingerprint density at radius 3 is 2.29 bits per heavy atom. The number of nitrogens with zero attached hydrogens (tertiary/aromatic N) is 1. The lowest BCUT2D eigenvalue weighted by atomic mass is 10.0. The molecule has 10 heteroatoms. The van der Waals surface area contributed by atoms with Crippen LogP contribution in [0, 0.1) is 5.92 Å². The molecule has 1 aromatic rings. The summed E-state index contributed by atoms with van der Waals surface area (Å²) in [7, 11) is -3.10. The number of rotatable bonds is 8. The van der Waals surface area contributed by atoms with E-state index in [0.29, 0.717) is 18.0 Å². The van der Waals surface area contributed by atoms with Gasteiger partial charge in [0.25, 0.3) is 5.91 Å². The van der Waals surface area contributed by atoms with Crippen molar-refractivity contribution in [3.63, 3.8) is 0 Å². The fourth-order valence-electron chi connectivity index (χ4n) is 3.27. The summed E-state index contributed by atoms with van der Waals surface area (Å²) >= 11 is 0. The number of sulfonamides is 1. The lowest BCUT2D eigenvalue weighted by molar-refractivity contribution is 0.0934. The molecule has 2 unspecified atom stereocenters. The quantitative estimate of drug-likeness (QED) is 0.619. The van der Waals surface area contributed by atoms with E-state index in [1.807, 2.05) is 14.1 Å². The highest BCUT2D eigenvalue weighted by atomic mass is 32.2. The number of carbonyl (C=O) groups excluding carboxylic acids is 1. The molecule has 158 valence electrons. The number of amides is 1. The zero-order valence-electron chi connectivity index (χ0n) is 16.7. The van der Waals surface area contributed by atoms with E-state index >= 15 is 0 Å². The summed E-state index contributed by atoms with van der Waals surface area (Å²) < 4.78 is 50.3. The molecule has 0 radical (unpaired) electrons. The van der Waals surface area contributed by atoms with E-state index in [4.69, 9.17) is 0 Å². The maximum absolute atomic E-state index is 12.4. The first-order valence-corrected chi connectivity index (χ1v) is 12.5. The molecule has 2 N–H and O–H groups in total. The normalized spacial score (nSPS) is 20.4. The van der Waals surface area contributed by atoms with E-state index < -0.39 is 25.9 Å². The number of hydrogen-bond acceptors (Lipinski definition) is 6. The third kappa shape index (κ3) is 6.00. The smallest absolute Gasteiger partial charge is 0.251 e. The third-order valence-corrected chi connectivity index (χ3v) is 8.19. The minimum absolute atomic E-state index is 0.00157. The molecule has 2 rings (SSSR count). The fraction of sp³-hybridized carbons (Fsp3) is 0.611. The molecule has 8 nitrogen and oxygen atoms in total. The summed E-state index contributed by atoms with van der Waals surface area (Å²) in [5, 5.41) is 2.88. The van der Waals surface area contributed by atoms with E-state index in [1.54, 1.807) is 0 Å². The summed E-state index contributed by atoms with van der Waals surface area (Å²) in [4.78, 5) is 14.4. The first-order chi connectivity index (χ1) is 12.9. The number of sulfone groups is 1. The van der Waals surface area contributed by atoms with Crippen LogP contribution < -0.4 is 10.0 Å². The Kier molecular flexibility index (Phi) is 7.24. The van der Waals surface area contributed by atoms with Crippen LogP contribution in [-0.4, -0.2) is 71.9 Å². The highest BCUT2D eigenvalue weighted by molar-refractivity contribution is 7.92. The molecule has 1 amide bonds. The van der Waals surface area contributed by atoms with Gasteiger partial charge in [0.2, 0.25) is 10.0 Å². The minimum Gasteiger partial charge on any atom is -0.350 e. The zero-order chi connectivity index (χ0) is 21.1. The van der Waals surface area contributed by atoms with E-state index in [1.165, 1.54) is 24.3 Å². The second-order valence-electron chi connectivity index (χ2n) is 7.73. The molecule has 0 bridgehead atoms. The number of nitrogens with one attached hydrogen (secondary N) is 2. The SMILES string of the molecule is CC(C)C(CNC(=O)c1ccc(S(=O)(=O)NC2CCS(=O)(=O)C2)cc1)N(C)C. The molecule has 1 aromatic carbocycles. The van der Waals surface area contributed by atoms with Crippen LogP contribution in [0.15, 0.2) is 29.2 Å². The van der Waals surface area contributed by atoms with Gasteiger partial charge in [-0.15, -0.1) is 0 Å². The summed E-state index contributed by atoms with van der Waals surface area (Å²) in [5.41, 5.74) is 0.364. The van der Waals surface area contributed by atoms with Gasteiger partial charge in [-0.3, -0.25) is 4.79 Å². The molecule has 1 aliphatic rings. The molecule has 0 aromatic heterocycles. The van der Waals surface area contributed by atoms with Crippen molar-refractivity contribution in [2.24, 2.45) is 5.92 Å². The molecule has 1 saturated heterocycles. The van der Waals surface area contributed by atoms with E-state index in [-0.39, 0.29) is 34.8 Å². The van der Waals surface area contributed by atoms with Crippen LogP contribution in [0.2, 0.25) is 0 Å². The number of hydrogen-bond donors (Lipinski definition) is 2. The Morgan fingerprint density at radius 1 is 1.21 bits per heavy atom. The Bertz CT molecular complexity index is 886. The van der Waals surface area contributed by atoms with Gasteiger partial charge in [-0.05, 0) is 50.7 Å². The van der Waals surface area contributed by atoms with Gasteiger partial charge in [0, 0.05) is 24.2 Å². The summed E-state index contributed by atoms with van der Waals surface area (Å²) in [6.45, 7) is 4.65. The van der Waals surface area contributed by atoms with Crippen molar-refractivity contribution in [3.05, 3.63) is 29.8 Å². The van der Waals surface area contributed by atoms with Crippen LogP contribution in [0.4, 0.5) is 0 Å². The predicted molar refractivity (Wildman–Crippen MR) is 108 cm³/mol. The average molecular weight is 432 g/mol. The van der Waals surface area contributed by atoms with Crippen molar-refractivity contribution >= 4 is 25.8 Å². The standard InChI is InChI=1S/C18H29N3O5S2/c1-13(2)17(21(3)4)11-19-18(22)14-5-7-16(8-6-14)28(25,26)20-15-9-10-27(23,24)12-15/h5-8,13,15,17,20H,9-12H2,1-4H3,(H,19,22). The Labute approximate surface area is 167 Å². The summed E-state index contributed by atoms with van der Waals surface area (Å²) in [6, 6.07) is 5.19. The molecule has 0 spiro atoms. The molecule has 1 fully saturated rings. The summed E-state index contributed by atoms with van der Waals surface area (Å²) in [5.74, 6) is -0.0984. The highest BCUT2D eigenvalue weighted by Crippen LogP contribution is 2.16. The Balaban J connectivity index is 2.01. The zero-order valence-corrected chi connectivity index (χ0v) is 18.3. The number of likely N-dealkylation sites (N-methyl/N-ethyl adjacent to an activating group) is 1. The second kappa shape index (κ2) is 8.89. The number of benzene rings is 1. The maximum atomic E-state index is 12.4. The molecular weight excluding hydrogens is 402 g/mol. The molecular formula is C18H29N3O5S2. The maximum Gasteiger partial charge on any atom is 0.251 e. The lowest BCUT2D eigenvalue weighted by Gasteiger charge is -2.28.